The van der Waals surface area contributed by atoms with Gasteiger partial charge in [-0.05, 0) is 45.0 Å². The largest absolute Gasteiger partial charge is 0.419 e. The van der Waals surface area contributed by atoms with Crippen LogP contribution in [-0.2, 0) is 14.6 Å². The zero-order valence-corrected chi connectivity index (χ0v) is 17.5. The first-order valence-corrected chi connectivity index (χ1v) is 11.1. The number of anilines is 1. The van der Waals surface area contributed by atoms with Crippen molar-refractivity contribution in [2.24, 2.45) is 0 Å². The van der Waals surface area contributed by atoms with Gasteiger partial charge in [-0.25, -0.2) is 8.42 Å². The van der Waals surface area contributed by atoms with Gasteiger partial charge in [0.1, 0.15) is 0 Å². The molecule has 0 saturated carbocycles. The first-order chi connectivity index (χ1) is 13.8. The third-order valence-corrected chi connectivity index (χ3v) is 6.56. The number of hydrogen-bond acceptors (Lipinski definition) is 6. The highest BCUT2D eigenvalue weighted by Crippen LogP contribution is 2.35. The summed E-state index contributed by atoms with van der Waals surface area (Å²) in [7, 11) is -3.85. The minimum absolute atomic E-state index is 0.0426. The Balaban J connectivity index is 1.85. The summed E-state index contributed by atoms with van der Waals surface area (Å²) in [4.78, 5) is 6.56. The summed E-state index contributed by atoms with van der Waals surface area (Å²) < 4.78 is 38.7. The van der Waals surface area contributed by atoms with Crippen LogP contribution in [0.25, 0.3) is 11.5 Å². The Morgan fingerprint density at radius 2 is 1.59 bits per heavy atom. The van der Waals surface area contributed by atoms with E-state index in [1.807, 2.05) is 56.0 Å². The molecule has 29 heavy (non-hydrogen) atoms. The molecule has 6 nitrogen and oxygen atoms in total. The first kappa shape index (κ1) is 19.7. The topological polar surface area (TPSA) is 72.6 Å². The normalized spacial score (nSPS) is 20.0. The van der Waals surface area contributed by atoms with Crippen molar-refractivity contribution in [2.75, 3.05) is 18.0 Å². The molecule has 152 valence electrons. The number of morpholine rings is 1. The van der Waals surface area contributed by atoms with Gasteiger partial charge in [-0.1, -0.05) is 35.9 Å². The summed E-state index contributed by atoms with van der Waals surface area (Å²) in [6, 6.07) is 16.1. The molecule has 1 aliphatic heterocycles. The number of ether oxygens (including phenoxy) is 1. The zero-order chi connectivity index (χ0) is 20.6. The van der Waals surface area contributed by atoms with Gasteiger partial charge in [-0.3, -0.25) is 0 Å². The quantitative estimate of drug-likeness (QED) is 0.642. The molecule has 0 N–H and O–H groups in total. The minimum Gasteiger partial charge on any atom is -0.419 e. The Morgan fingerprint density at radius 1 is 0.966 bits per heavy atom. The van der Waals surface area contributed by atoms with E-state index in [2.05, 4.69) is 4.98 Å². The lowest BCUT2D eigenvalue weighted by atomic mass is 10.2. The second-order valence-electron chi connectivity index (χ2n) is 7.47. The summed E-state index contributed by atoms with van der Waals surface area (Å²) in [6.07, 6.45) is -0.0853. The fraction of sp³-hybridized carbons (Fsp3) is 0.318. The fourth-order valence-corrected chi connectivity index (χ4v) is 4.87. The van der Waals surface area contributed by atoms with Crippen LogP contribution in [0.3, 0.4) is 0 Å². The number of aryl methyl sites for hydroxylation is 1. The van der Waals surface area contributed by atoms with Crippen LogP contribution in [0.4, 0.5) is 5.88 Å². The van der Waals surface area contributed by atoms with Crippen molar-refractivity contribution >= 4 is 15.7 Å². The van der Waals surface area contributed by atoms with Crippen LogP contribution < -0.4 is 4.90 Å². The highest BCUT2D eigenvalue weighted by molar-refractivity contribution is 7.91. The number of benzene rings is 2. The molecule has 0 aliphatic carbocycles. The molecular formula is C22H24N2O4S. The SMILES string of the molecule is Cc1ccc(S(=O)(=O)c2nc(-c3ccccc3)oc2N2C[C@@H](C)O[C@@H](C)C2)cc1. The molecule has 3 aromatic rings. The third kappa shape index (κ3) is 3.93. The van der Waals surface area contributed by atoms with Crippen molar-refractivity contribution in [2.45, 2.75) is 42.9 Å². The summed E-state index contributed by atoms with van der Waals surface area (Å²) >= 11 is 0. The van der Waals surface area contributed by atoms with E-state index in [4.69, 9.17) is 9.15 Å². The number of oxazole rings is 1. The monoisotopic (exact) mass is 412 g/mol. The Morgan fingerprint density at radius 3 is 2.21 bits per heavy atom. The average molecular weight is 413 g/mol. The Kier molecular flexibility index (Phi) is 5.19. The number of hydrogen-bond donors (Lipinski definition) is 0. The fourth-order valence-electron chi connectivity index (χ4n) is 3.55. The molecule has 0 amide bonds. The molecule has 0 spiro atoms. The maximum atomic E-state index is 13.4. The summed E-state index contributed by atoms with van der Waals surface area (Å²) in [5.41, 5.74) is 1.72. The summed E-state index contributed by atoms with van der Waals surface area (Å²) in [6.45, 7) is 6.91. The molecule has 0 unspecified atom stereocenters. The summed E-state index contributed by atoms with van der Waals surface area (Å²) in [5, 5.41) is -0.0542. The lowest BCUT2D eigenvalue weighted by Gasteiger charge is -2.35. The van der Waals surface area contributed by atoms with E-state index in [9.17, 15) is 8.42 Å². The van der Waals surface area contributed by atoms with Gasteiger partial charge in [-0.15, -0.1) is 0 Å². The van der Waals surface area contributed by atoms with Crippen LogP contribution in [0.5, 0.6) is 0 Å². The van der Waals surface area contributed by atoms with Crippen molar-refractivity contribution in [1.29, 1.82) is 0 Å². The van der Waals surface area contributed by atoms with E-state index in [1.165, 1.54) is 0 Å². The number of rotatable bonds is 4. The van der Waals surface area contributed by atoms with E-state index in [1.54, 1.807) is 24.3 Å². The molecule has 1 saturated heterocycles. The van der Waals surface area contributed by atoms with Gasteiger partial charge in [-0.2, -0.15) is 4.98 Å². The van der Waals surface area contributed by atoms with Crippen LogP contribution in [-0.4, -0.2) is 38.7 Å². The zero-order valence-electron chi connectivity index (χ0n) is 16.7. The average Bonchev–Trinajstić information content (AvgIpc) is 3.15. The van der Waals surface area contributed by atoms with E-state index in [0.717, 1.165) is 11.1 Å². The molecule has 4 rings (SSSR count). The van der Waals surface area contributed by atoms with Crippen LogP contribution in [0.1, 0.15) is 19.4 Å². The molecule has 0 bridgehead atoms. The Labute approximate surface area is 171 Å². The van der Waals surface area contributed by atoms with Crippen molar-refractivity contribution in [3.8, 4) is 11.5 Å². The lowest BCUT2D eigenvalue weighted by molar-refractivity contribution is -0.00657. The van der Waals surface area contributed by atoms with Crippen LogP contribution in [0.2, 0.25) is 0 Å². The van der Waals surface area contributed by atoms with Crippen molar-refractivity contribution in [3.05, 3.63) is 60.2 Å². The molecule has 1 aliphatic rings. The highest BCUT2D eigenvalue weighted by atomic mass is 32.2. The van der Waals surface area contributed by atoms with Gasteiger partial charge in [0.15, 0.2) is 0 Å². The van der Waals surface area contributed by atoms with Crippen molar-refractivity contribution < 1.29 is 17.6 Å². The van der Waals surface area contributed by atoms with Gasteiger partial charge in [0.2, 0.25) is 26.6 Å². The predicted molar refractivity (Wildman–Crippen MR) is 111 cm³/mol. The van der Waals surface area contributed by atoms with Crippen molar-refractivity contribution in [1.82, 2.24) is 4.98 Å². The molecule has 0 radical (unpaired) electrons. The minimum atomic E-state index is -3.85. The van der Waals surface area contributed by atoms with E-state index >= 15 is 0 Å². The van der Waals surface area contributed by atoms with E-state index < -0.39 is 9.84 Å². The second-order valence-corrected chi connectivity index (χ2v) is 9.34. The lowest BCUT2D eigenvalue weighted by Crippen LogP contribution is -2.45. The number of aromatic nitrogens is 1. The first-order valence-electron chi connectivity index (χ1n) is 9.63. The molecule has 7 heteroatoms. The van der Waals surface area contributed by atoms with Crippen LogP contribution in [0.15, 0.2) is 68.9 Å². The maximum Gasteiger partial charge on any atom is 0.236 e. The van der Waals surface area contributed by atoms with Crippen LogP contribution >= 0.6 is 0 Å². The highest BCUT2D eigenvalue weighted by Gasteiger charge is 2.34. The molecule has 2 aromatic carbocycles. The molecular weight excluding hydrogens is 388 g/mol. The van der Waals surface area contributed by atoms with Crippen LogP contribution in [0, 0.1) is 6.92 Å². The standard InChI is InChI=1S/C22H24N2O4S/c1-15-9-11-19(12-10-15)29(25,26)21-22(24-13-16(2)27-17(3)14-24)28-20(23-21)18-7-5-4-6-8-18/h4-12,16-17H,13-14H2,1-3H3/t16-,17+. The van der Waals surface area contributed by atoms with Gasteiger partial charge >= 0.3 is 0 Å². The van der Waals surface area contributed by atoms with Crippen molar-refractivity contribution in [3.63, 3.8) is 0 Å². The Bertz CT molecular complexity index is 1080. The van der Waals surface area contributed by atoms with E-state index in [0.29, 0.717) is 13.1 Å². The molecule has 1 fully saturated rings. The van der Waals surface area contributed by atoms with E-state index in [-0.39, 0.29) is 33.9 Å². The molecule has 2 heterocycles. The number of nitrogens with zero attached hydrogens (tertiary/aromatic N) is 2. The maximum absolute atomic E-state index is 13.4. The second kappa shape index (κ2) is 7.65. The predicted octanol–water partition coefficient (Wildman–Crippen LogP) is 4.10. The summed E-state index contributed by atoms with van der Waals surface area (Å²) in [5.74, 6) is 0.560. The third-order valence-electron chi connectivity index (χ3n) is 4.89. The number of sulfone groups is 1. The van der Waals surface area contributed by atoms with Gasteiger partial charge < -0.3 is 14.1 Å². The van der Waals surface area contributed by atoms with Gasteiger partial charge in [0.05, 0.1) is 17.1 Å². The molecule has 2 atom stereocenters. The Hall–Kier alpha value is -2.64. The van der Waals surface area contributed by atoms with Gasteiger partial charge in [0, 0.05) is 18.7 Å². The van der Waals surface area contributed by atoms with Gasteiger partial charge in [0.25, 0.3) is 0 Å². The smallest absolute Gasteiger partial charge is 0.236 e. The molecule has 1 aromatic heterocycles.